The van der Waals surface area contributed by atoms with E-state index in [0.717, 1.165) is 10.5 Å². The first-order valence-corrected chi connectivity index (χ1v) is 10.0. The van der Waals surface area contributed by atoms with E-state index >= 15 is 0 Å². The molecule has 1 rings (SSSR count). The van der Waals surface area contributed by atoms with Crippen LogP contribution in [0.2, 0.25) is 0 Å². The highest BCUT2D eigenvalue weighted by atomic mass is 32.3. The summed E-state index contributed by atoms with van der Waals surface area (Å²) in [7, 11) is -13.4. The summed E-state index contributed by atoms with van der Waals surface area (Å²) in [6, 6.07) is 3.06. The quantitative estimate of drug-likeness (QED) is 0.397. The fraction of sp³-hybridized carbons (Fsp3) is 0.545. The van der Waals surface area contributed by atoms with Crippen LogP contribution in [0.3, 0.4) is 0 Å². The number of hydrogen-bond donors (Lipinski definition) is 0. The van der Waals surface area contributed by atoms with Gasteiger partial charge in [-0.1, -0.05) is 18.3 Å². The number of nitrogens with zero attached hydrogens (tertiary/aromatic N) is 2. The third-order valence-corrected chi connectivity index (χ3v) is 6.07. The molecule has 15 heteroatoms. The van der Waals surface area contributed by atoms with Crippen LogP contribution in [0.4, 0.5) is 26.3 Å². The molecule has 0 aliphatic rings. The number of aromatic nitrogens is 1. The first kappa shape index (κ1) is 24.6. The van der Waals surface area contributed by atoms with E-state index in [-0.39, 0.29) is 0 Å². The summed E-state index contributed by atoms with van der Waals surface area (Å²) in [5.74, 6) is 3.04. The molecule has 0 aliphatic carbocycles. The van der Waals surface area contributed by atoms with Crippen molar-refractivity contribution < 1.29 is 47.7 Å². The van der Waals surface area contributed by atoms with Gasteiger partial charge in [0.05, 0.1) is 4.88 Å². The Bertz CT molecular complexity index is 847. The lowest BCUT2D eigenvalue weighted by Crippen LogP contribution is -2.30. The number of rotatable bonds is 2. The van der Waals surface area contributed by atoms with Crippen LogP contribution in [-0.4, -0.2) is 27.9 Å². The van der Waals surface area contributed by atoms with Crippen molar-refractivity contribution in [2.75, 3.05) is 0 Å². The number of hydrogen-bond acceptors (Lipinski definition) is 5. The number of alkyl halides is 6. The smallest absolute Gasteiger partial charge is 0.421 e. The molecule has 0 aromatic carbocycles. The van der Waals surface area contributed by atoms with Crippen LogP contribution in [-0.2, 0) is 20.0 Å². The van der Waals surface area contributed by atoms with Crippen LogP contribution in [0.1, 0.15) is 23.9 Å². The lowest BCUT2D eigenvalue weighted by molar-refractivity contribution is -0.585. The normalized spacial score (nSPS) is 12.7. The van der Waals surface area contributed by atoms with Gasteiger partial charge in [-0.2, -0.15) is 26.3 Å². The molecular formula is C11H12F6N2O4S3. The van der Waals surface area contributed by atoms with E-state index in [1.165, 1.54) is 10.6 Å². The summed E-state index contributed by atoms with van der Waals surface area (Å²) >= 11 is 1.74. The Labute approximate surface area is 149 Å². The third kappa shape index (κ3) is 6.74. The van der Waals surface area contributed by atoms with Crippen LogP contribution >= 0.6 is 11.3 Å². The minimum absolute atomic E-state index is 0.778. The van der Waals surface area contributed by atoms with E-state index in [9.17, 15) is 43.2 Å². The maximum absolute atomic E-state index is 11.4. The fourth-order valence-electron chi connectivity index (χ4n) is 0.954. The number of sulfonamides is 2. The van der Waals surface area contributed by atoms with Crippen molar-refractivity contribution in [3.8, 4) is 12.0 Å². The lowest BCUT2D eigenvalue weighted by Gasteiger charge is -2.22. The molecule has 1 aromatic rings. The summed E-state index contributed by atoms with van der Waals surface area (Å²) in [6.07, 6.45) is 0.918. The van der Waals surface area contributed by atoms with Crippen LogP contribution in [0.15, 0.2) is 5.51 Å². The van der Waals surface area contributed by atoms with Crippen LogP contribution < -0.4 is 4.57 Å². The maximum atomic E-state index is 11.4. The zero-order valence-corrected chi connectivity index (χ0v) is 15.8. The molecule has 0 amide bonds. The highest BCUT2D eigenvalue weighted by Gasteiger charge is 2.46. The molecule has 26 heavy (non-hydrogen) atoms. The Kier molecular flexibility index (Phi) is 8.10. The topological polar surface area (TPSA) is 86.3 Å². The van der Waals surface area contributed by atoms with Crippen LogP contribution in [0, 0.1) is 25.8 Å². The van der Waals surface area contributed by atoms with E-state index in [2.05, 4.69) is 32.7 Å². The number of thiazole rings is 1. The van der Waals surface area contributed by atoms with Gasteiger partial charge in [0, 0.05) is 13.3 Å². The van der Waals surface area contributed by atoms with Gasteiger partial charge in [0.2, 0.25) is 17.2 Å². The molecular weight excluding hydrogens is 434 g/mol. The Hall–Kier alpha value is -1.37. The van der Waals surface area contributed by atoms with Crippen LogP contribution in [0.5, 0.6) is 0 Å². The van der Waals surface area contributed by atoms with E-state index in [1.54, 1.807) is 11.3 Å². The van der Waals surface area contributed by atoms with Gasteiger partial charge in [-0.15, -0.1) is 4.57 Å². The lowest BCUT2D eigenvalue weighted by atomic mass is 10.4. The molecule has 0 fully saturated rings. The van der Waals surface area contributed by atoms with Crippen molar-refractivity contribution in [1.82, 2.24) is 0 Å². The average Bonchev–Trinajstić information content (AvgIpc) is 2.73. The van der Waals surface area contributed by atoms with E-state index in [1.807, 2.05) is 10.1 Å². The standard InChI is InChI=1S/C9H12NS.C2F6NO4S2/c1-4-5-6-10-7-11-9(3)8(10)2;3-1(4,5)14(10,11)9-15(12,13)2(6,7)8/h7H,4H2,1-3H3;/q+1;-1. The zero-order valence-electron chi connectivity index (χ0n) is 13.3. The predicted molar refractivity (Wildman–Crippen MR) is 80.8 cm³/mol. The molecule has 0 saturated carbocycles. The molecule has 0 aliphatic heterocycles. The van der Waals surface area contributed by atoms with Gasteiger partial charge in [0.25, 0.3) is 0 Å². The van der Waals surface area contributed by atoms with Crippen molar-refractivity contribution in [3.63, 3.8) is 0 Å². The number of aryl methyl sites for hydroxylation is 1. The van der Waals surface area contributed by atoms with E-state index in [0.29, 0.717) is 0 Å². The molecule has 0 unspecified atom stereocenters. The van der Waals surface area contributed by atoms with Crippen LogP contribution in [0.25, 0.3) is 4.13 Å². The molecule has 1 aromatic heterocycles. The minimum Gasteiger partial charge on any atom is -0.421 e. The third-order valence-electron chi connectivity index (χ3n) is 2.36. The van der Waals surface area contributed by atoms with Crippen molar-refractivity contribution >= 4 is 31.4 Å². The van der Waals surface area contributed by atoms with Gasteiger partial charge in [0.15, 0.2) is 20.0 Å². The van der Waals surface area contributed by atoms with Crippen molar-refractivity contribution in [2.24, 2.45) is 0 Å². The first-order chi connectivity index (χ1) is 11.5. The van der Waals surface area contributed by atoms with Gasteiger partial charge < -0.3 is 4.13 Å². The summed E-state index contributed by atoms with van der Waals surface area (Å²) in [6.45, 7) is 6.27. The Morgan fingerprint density at radius 2 is 1.46 bits per heavy atom. The Morgan fingerprint density at radius 3 is 1.73 bits per heavy atom. The molecule has 0 N–H and O–H groups in total. The minimum atomic E-state index is -6.72. The summed E-state index contributed by atoms with van der Waals surface area (Å²) in [5.41, 5.74) is -9.10. The van der Waals surface area contributed by atoms with Crippen molar-refractivity contribution in [3.05, 3.63) is 20.2 Å². The molecule has 150 valence electrons. The number of halogens is 6. The molecule has 0 spiro atoms. The van der Waals surface area contributed by atoms with Gasteiger partial charge in [-0.05, 0) is 12.8 Å². The Morgan fingerprint density at radius 1 is 1.04 bits per heavy atom. The second-order valence-corrected chi connectivity index (χ2v) is 8.77. The summed E-state index contributed by atoms with van der Waals surface area (Å²) in [4.78, 5) is 1.34. The van der Waals surface area contributed by atoms with Crippen molar-refractivity contribution in [2.45, 2.75) is 38.2 Å². The Balaban J connectivity index is 0.000000502. The zero-order chi connectivity index (χ0) is 21.0. The average molecular weight is 446 g/mol. The summed E-state index contributed by atoms with van der Waals surface area (Å²) < 4.78 is 111. The largest absolute Gasteiger partial charge is 0.480 e. The molecule has 0 radical (unpaired) electrons. The SMILES string of the molecule is CCC#C[n+]1csc(C)c1C.O=S(=O)([N-]S(=O)(=O)C(F)(F)F)C(F)(F)F. The monoisotopic (exact) mass is 446 g/mol. The van der Waals surface area contributed by atoms with Gasteiger partial charge >= 0.3 is 11.0 Å². The molecule has 0 bridgehead atoms. The fourth-order valence-corrected chi connectivity index (χ4v) is 3.41. The van der Waals surface area contributed by atoms with Crippen molar-refractivity contribution in [1.29, 1.82) is 0 Å². The van der Waals surface area contributed by atoms with E-state index < -0.39 is 31.1 Å². The van der Waals surface area contributed by atoms with E-state index in [4.69, 9.17) is 0 Å². The maximum Gasteiger partial charge on any atom is 0.480 e. The van der Waals surface area contributed by atoms with Gasteiger partial charge in [-0.25, -0.2) is 16.8 Å². The second kappa shape index (κ2) is 8.55. The highest BCUT2D eigenvalue weighted by molar-refractivity contribution is 8.13. The van der Waals surface area contributed by atoms with Gasteiger partial charge in [-0.3, -0.25) is 0 Å². The predicted octanol–water partition coefficient (Wildman–Crippen LogP) is 2.93. The first-order valence-electron chi connectivity index (χ1n) is 6.28. The molecule has 6 nitrogen and oxygen atoms in total. The highest BCUT2D eigenvalue weighted by Crippen LogP contribution is 2.36. The molecule has 1 heterocycles. The van der Waals surface area contributed by atoms with Gasteiger partial charge in [0.1, 0.15) is 0 Å². The second-order valence-electron chi connectivity index (χ2n) is 4.29. The molecule has 0 atom stereocenters. The summed E-state index contributed by atoms with van der Waals surface area (Å²) in [5, 5.41) is 0. The molecule has 0 saturated heterocycles.